The summed E-state index contributed by atoms with van der Waals surface area (Å²) in [5.41, 5.74) is 0.652. The van der Waals surface area contributed by atoms with Crippen molar-refractivity contribution in [2.45, 2.75) is 20.0 Å². The molecule has 1 aromatic heterocycles. The van der Waals surface area contributed by atoms with E-state index in [2.05, 4.69) is 4.99 Å². The monoisotopic (exact) mass is 343 g/mol. The summed E-state index contributed by atoms with van der Waals surface area (Å²) in [4.78, 5) is 18.5. The molecule has 0 fully saturated rings. The first-order valence-corrected chi connectivity index (χ1v) is 7.55. The van der Waals surface area contributed by atoms with E-state index in [1.54, 1.807) is 18.7 Å². The Morgan fingerprint density at radius 3 is 2.22 bits per heavy atom. The molecule has 4 nitrogen and oxygen atoms in total. The molecule has 0 bridgehead atoms. The van der Waals surface area contributed by atoms with E-state index in [1.807, 2.05) is 13.8 Å². The van der Waals surface area contributed by atoms with E-state index < -0.39 is 17.8 Å². The number of aromatic nitrogens is 1. The molecule has 1 aromatic carbocycles. The lowest BCUT2D eigenvalue weighted by molar-refractivity contribution is -0.137. The number of benzene rings is 1. The average Bonchev–Trinajstić information content (AvgIpc) is 2.73. The highest BCUT2D eigenvalue weighted by molar-refractivity contribution is 7.09. The van der Waals surface area contributed by atoms with E-state index in [0.29, 0.717) is 10.5 Å². The summed E-state index contributed by atoms with van der Waals surface area (Å²) in [6.45, 7) is 3.71. The fourth-order valence-corrected chi connectivity index (χ4v) is 2.89. The number of rotatable bonds is 1. The van der Waals surface area contributed by atoms with E-state index in [9.17, 15) is 18.0 Å². The Balaban J connectivity index is 2.58. The molecule has 2 aromatic rings. The summed E-state index contributed by atoms with van der Waals surface area (Å²) in [6, 6.07) is 4.37. The van der Waals surface area contributed by atoms with Gasteiger partial charge >= 0.3 is 12.2 Å². The molecule has 0 atom stereocenters. The van der Waals surface area contributed by atoms with Crippen molar-refractivity contribution in [2.24, 2.45) is 4.99 Å². The summed E-state index contributed by atoms with van der Waals surface area (Å²) in [6.07, 6.45) is -4.38. The number of alkyl halides is 3. The Bertz CT molecular complexity index is 786. The Morgan fingerprint density at radius 1 is 1.17 bits per heavy atom. The molecule has 1 heterocycles. The second-order valence-corrected chi connectivity index (χ2v) is 6.38. The van der Waals surface area contributed by atoms with E-state index in [-0.39, 0.29) is 0 Å². The third kappa shape index (κ3) is 3.64. The van der Waals surface area contributed by atoms with Crippen LogP contribution < -0.4 is 4.80 Å². The highest BCUT2D eigenvalue weighted by atomic mass is 32.1. The van der Waals surface area contributed by atoms with Crippen LogP contribution >= 0.6 is 11.3 Å². The molecule has 0 aliphatic heterocycles. The lowest BCUT2D eigenvalue weighted by atomic mass is 10.2. The number of amides is 2. The summed E-state index contributed by atoms with van der Waals surface area (Å²) in [7, 11) is 3.17. The Morgan fingerprint density at radius 2 is 1.74 bits per heavy atom. The normalized spacial score (nSPS) is 12.6. The van der Waals surface area contributed by atoms with Gasteiger partial charge in [-0.1, -0.05) is 0 Å². The van der Waals surface area contributed by atoms with Crippen LogP contribution in [0.5, 0.6) is 0 Å². The molecule has 0 radical (unpaired) electrons. The highest BCUT2D eigenvalue weighted by Crippen LogP contribution is 2.29. The van der Waals surface area contributed by atoms with Crippen LogP contribution in [0.15, 0.2) is 29.3 Å². The van der Waals surface area contributed by atoms with Crippen LogP contribution in [0.3, 0.4) is 0 Å². The average molecular weight is 343 g/mol. The third-order valence-corrected chi connectivity index (χ3v) is 4.37. The molecule has 0 aliphatic carbocycles. The van der Waals surface area contributed by atoms with Crippen molar-refractivity contribution >= 4 is 17.4 Å². The Labute approximate surface area is 135 Å². The maximum Gasteiger partial charge on any atom is 0.416 e. The van der Waals surface area contributed by atoms with E-state index in [1.165, 1.54) is 28.4 Å². The second-order valence-electron chi connectivity index (χ2n) is 5.20. The lowest BCUT2D eigenvalue weighted by Crippen LogP contribution is -2.23. The maximum absolute atomic E-state index is 12.7. The second kappa shape index (κ2) is 6.19. The van der Waals surface area contributed by atoms with Gasteiger partial charge in [0.15, 0.2) is 4.80 Å². The lowest BCUT2D eigenvalue weighted by Gasteiger charge is -2.10. The minimum absolute atomic E-state index is 0.424. The van der Waals surface area contributed by atoms with Crippen LogP contribution in [0.25, 0.3) is 5.69 Å². The maximum atomic E-state index is 12.7. The SMILES string of the molecule is Cc1sc(=NC(=O)N(C)C)n(-c2ccc(C(F)(F)F)cc2)c1C. The third-order valence-electron chi connectivity index (χ3n) is 3.31. The molecular weight excluding hydrogens is 327 g/mol. The van der Waals surface area contributed by atoms with Gasteiger partial charge in [0, 0.05) is 30.4 Å². The zero-order valence-electron chi connectivity index (χ0n) is 13.1. The summed E-state index contributed by atoms with van der Waals surface area (Å²) in [5, 5.41) is 0. The van der Waals surface area contributed by atoms with E-state index in [0.717, 1.165) is 22.7 Å². The summed E-state index contributed by atoms with van der Waals surface area (Å²) < 4.78 is 39.7. The summed E-state index contributed by atoms with van der Waals surface area (Å²) in [5.74, 6) is 0. The molecule has 23 heavy (non-hydrogen) atoms. The van der Waals surface area contributed by atoms with Crippen LogP contribution in [-0.2, 0) is 6.18 Å². The van der Waals surface area contributed by atoms with Crippen LogP contribution in [0, 0.1) is 13.8 Å². The predicted octanol–water partition coefficient (Wildman–Crippen LogP) is 3.76. The minimum atomic E-state index is -4.38. The Kier molecular flexibility index (Phi) is 4.65. The van der Waals surface area contributed by atoms with E-state index in [4.69, 9.17) is 0 Å². The molecule has 0 spiro atoms. The first kappa shape index (κ1) is 17.3. The van der Waals surface area contributed by atoms with Gasteiger partial charge in [0.1, 0.15) is 0 Å². The first-order valence-electron chi connectivity index (χ1n) is 6.74. The van der Waals surface area contributed by atoms with Crippen molar-refractivity contribution in [3.63, 3.8) is 0 Å². The number of hydrogen-bond donors (Lipinski definition) is 0. The first-order chi connectivity index (χ1) is 10.6. The number of aryl methyl sites for hydroxylation is 1. The number of carbonyl (C=O) groups is 1. The standard InChI is InChI=1S/C15H16F3N3OS/c1-9-10(2)23-14(19-13(22)20(3)4)21(9)12-7-5-11(6-8-12)15(16,17)18/h5-8H,1-4H3. The fraction of sp³-hybridized carbons (Fsp3) is 0.333. The molecule has 2 rings (SSSR count). The zero-order valence-corrected chi connectivity index (χ0v) is 13.9. The van der Waals surface area contributed by atoms with Crippen molar-refractivity contribution in [3.8, 4) is 5.69 Å². The number of carbonyl (C=O) groups excluding carboxylic acids is 1. The van der Waals surface area contributed by atoms with Gasteiger partial charge < -0.3 is 4.90 Å². The van der Waals surface area contributed by atoms with Crippen LogP contribution in [0.2, 0.25) is 0 Å². The van der Waals surface area contributed by atoms with E-state index >= 15 is 0 Å². The van der Waals surface area contributed by atoms with Crippen molar-refractivity contribution in [1.29, 1.82) is 0 Å². The number of urea groups is 1. The van der Waals surface area contributed by atoms with Gasteiger partial charge in [0.05, 0.1) is 5.56 Å². The van der Waals surface area contributed by atoms with Gasteiger partial charge in [-0.2, -0.15) is 18.2 Å². The summed E-state index contributed by atoms with van der Waals surface area (Å²) >= 11 is 1.32. The van der Waals surface area contributed by atoms with Crippen molar-refractivity contribution in [3.05, 3.63) is 45.2 Å². The fourth-order valence-electron chi connectivity index (χ4n) is 1.92. The topological polar surface area (TPSA) is 37.6 Å². The molecule has 0 N–H and O–H groups in total. The number of thiazole rings is 1. The quantitative estimate of drug-likeness (QED) is 0.777. The molecule has 8 heteroatoms. The van der Waals surface area contributed by atoms with Crippen molar-refractivity contribution < 1.29 is 18.0 Å². The molecule has 0 unspecified atom stereocenters. The van der Waals surface area contributed by atoms with Gasteiger partial charge in [0.2, 0.25) is 0 Å². The van der Waals surface area contributed by atoms with Gasteiger partial charge in [-0.25, -0.2) is 4.79 Å². The minimum Gasteiger partial charge on any atom is -0.329 e. The van der Waals surface area contributed by atoms with Crippen LogP contribution in [0.4, 0.5) is 18.0 Å². The number of hydrogen-bond acceptors (Lipinski definition) is 2. The highest BCUT2D eigenvalue weighted by Gasteiger charge is 2.30. The van der Waals surface area contributed by atoms with Crippen molar-refractivity contribution in [1.82, 2.24) is 9.47 Å². The molecule has 0 aliphatic rings. The zero-order chi connectivity index (χ0) is 17.4. The van der Waals surface area contributed by atoms with Crippen LogP contribution in [0.1, 0.15) is 16.1 Å². The molecule has 2 amide bonds. The van der Waals surface area contributed by atoms with Crippen LogP contribution in [-0.4, -0.2) is 29.6 Å². The van der Waals surface area contributed by atoms with Gasteiger partial charge in [-0.15, -0.1) is 11.3 Å². The van der Waals surface area contributed by atoms with Crippen molar-refractivity contribution in [2.75, 3.05) is 14.1 Å². The van der Waals surface area contributed by atoms with Gasteiger partial charge in [-0.05, 0) is 38.1 Å². The number of halogens is 3. The van der Waals surface area contributed by atoms with Gasteiger partial charge in [-0.3, -0.25) is 4.57 Å². The molecule has 0 saturated carbocycles. The molecular formula is C15H16F3N3OS. The molecule has 0 saturated heterocycles. The number of nitrogens with zero attached hydrogens (tertiary/aromatic N) is 3. The predicted molar refractivity (Wildman–Crippen MR) is 82.8 cm³/mol. The Hall–Kier alpha value is -2.09. The van der Waals surface area contributed by atoms with Gasteiger partial charge in [0.25, 0.3) is 0 Å². The largest absolute Gasteiger partial charge is 0.416 e. The smallest absolute Gasteiger partial charge is 0.329 e. The molecule has 124 valence electrons.